The van der Waals surface area contributed by atoms with Crippen molar-refractivity contribution in [3.8, 4) is 0 Å². The van der Waals surface area contributed by atoms with Gasteiger partial charge in [-0.05, 0) is 6.92 Å². The molecular formula is C5H13N2O+. The summed E-state index contributed by atoms with van der Waals surface area (Å²) < 4.78 is 0. The second-order valence-corrected chi connectivity index (χ2v) is 1.57. The Balaban J connectivity index is 3.06. The first-order chi connectivity index (χ1) is 3.81. The van der Waals surface area contributed by atoms with E-state index in [-0.39, 0.29) is 5.91 Å². The minimum absolute atomic E-state index is 0.106. The SMILES string of the molecule is CCNC(=O)C[NH2+]C. The van der Waals surface area contributed by atoms with Crippen molar-refractivity contribution in [2.24, 2.45) is 0 Å². The highest BCUT2D eigenvalue weighted by Gasteiger charge is 1.95. The van der Waals surface area contributed by atoms with Gasteiger partial charge in [0.1, 0.15) is 0 Å². The molecule has 0 aromatic rings. The molecule has 0 aromatic heterocycles. The first kappa shape index (κ1) is 7.43. The molecule has 0 fully saturated rings. The summed E-state index contributed by atoms with van der Waals surface area (Å²) in [5.41, 5.74) is 0. The summed E-state index contributed by atoms with van der Waals surface area (Å²) in [4.78, 5) is 10.5. The number of carbonyl (C=O) groups excluding carboxylic acids is 1. The van der Waals surface area contributed by atoms with Gasteiger partial charge in [-0.25, -0.2) is 0 Å². The van der Waals surface area contributed by atoms with Crippen molar-refractivity contribution < 1.29 is 10.1 Å². The fourth-order valence-electron chi connectivity index (χ4n) is 0.455. The van der Waals surface area contributed by atoms with Crippen LogP contribution in [0.3, 0.4) is 0 Å². The van der Waals surface area contributed by atoms with Gasteiger partial charge in [0, 0.05) is 6.54 Å². The van der Waals surface area contributed by atoms with Crippen molar-refractivity contribution in [2.45, 2.75) is 6.92 Å². The van der Waals surface area contributed by atoms with Crippen LogP contribution in [0.15, 0.2) is 0 Å². The molecule has 0 unspecified atom stereocenters. The van der Waals surface area contributed by atoms with Crippen LogP contribution >= 0.6 is 0 Å². The Bertz CT molecular complexity index is 64.8. The molecule has 3 heteroatoms. The van der Waals surface area contributed by atoms with E-state index >= 15 is 0 Å². The first-order valence-electron chi connectivity index (χ1n) is 2.85. The number of carbonyl (C=O) groups is 1. The lowest BCUT2D eigenvalue weighted by atomic mass is 10.6. The van der Waals surface area contributed by atoms with Gasteiger partial charge < -0.3 is 10.6 Å². The van der Waals surface area contributed by atoms with Gasteiger partial charge in [0.25, 0.3) is 5.91 Å². The monoisotopic (exact) mass is 117 g/mol. The number of rotatable bonds is 3. The van der Waals surface area contributed by atoms with Gasteiger partial charge in [-0.1, -0.05) is 0 Å². The summed E-state index contributed by atoms with van der Waals surface area (Å²) in [6.07, 6.45) is 0. The summed E-state index contributed by atoms with van der Waals surface area (Å²) >= 11 is 0. The van der Waals surface area contributed by atoms with Gasteiger partial charge in [0.05, 0.1) is 7.05 Å². The van der Waals surface area contributed by atoms with E-state index in [4.69, 9.17) is 0 Å². The average molecular weight is 117 g/mol. The maximum absolute atomic E-state index is 10.5. The lowest BCUT2D eigenvalue weighted by Gasteiger charge is -1.95. The highest BCUT2D eigenvalue weighted by Crippen LogP contribution is 1.54. The molecule has 0 aliphatic rings. The zero-order valence-electron chi connectivity index (χ0n) is 5.40. The third-order valence-corrected chi connectivity index (χ3v) is 0.763. The minimum atomic E-state index is 0.106. The van der Waals surface area contributed by atoms with Crippen LogP contribution in [0.25, 0.3) is 0 Å². The smallest absolute Gasteiger partial charge is 0.275 e. The van der Waals surface area contributed by atoms with Gasteiger partial charge >= 0.3 is 0 Å². The number of quaternary nitrogens is 1. The summed E-state index contributed by atoms with van der Waals surface area (Å²) in [7, 11) is 1.87. The summed E-state index contributed by atoms with van der Waals surface area (Å²) in [6.45, 7) is 3.17. The van der Waals surface area contributed by atoms with Crippen LogP contribution in [0.4, 0.5) is 0 Å². The fraction of sp³-hybridized carbons (Fsp3) is 0.800. The summed E-state index contributed by atoms with van der Waals surface area (Å²) in [5, 5.41) is 4.51. The van der Waals surface area contributed by atoms with E-state index in [1.807, 2.05) is 19.3 Å². The molecule has 48 valence electrons. The second-order valence-electron chi connectivity index (χ2n) is 1.57. The second kappa shape index (κ2) is 4.59. The van der Waals surface area contributed by atoms with Crippen molar-refractivity contribution >= 4 is 5.91 Å². The van der Waals surface area contributed by atoms with Crippen LogP contribution in [0, 0.1) is 0 Å². The molecule has 0 radical (unpaired) electrons. The number of hydrogen-bond acceptors (Lipinski definition) is 1. The summed E-state index contributed by atoms with van der Waals surface area (Å²) in [5.74, 6) is 0.106. The van der Waals surface area contributed by atoms with E-state index in [0.717, 1.165) is 6.54 Å². The zero-order valence-corrected chi connectivity index (χ0v) is 5.40. The third kappa shape index (κ3) is 3.61. The van der Waals surface area contributed by atoms with Crippen molar-refractivity contribution in [3.05, 3.63) is 0 Å². The molecule has 1 amide bonds. The van der Waals surface area contributed by atoms with E-state index < -0.39 is 0 Å². The molecule has 3 N–H and O–H groups in total. The van der Waals surface area contributed by atoms with Crippen molar-refractivity contribution in [1.82, 2.24) is 5.32 Å². The quantitative estimate of drug-likeness (QED) is 0.455. The lowest BCUT2D eigenvalue weighted by Crippen LogP contribution is -2.82. The lowest BCUT2D eigenvalue weighted by molar-refractivity contribution is -0.615. The first-order valence-corrected chi connectivity index (χ1v) is 2.85. The minimum Gasteiger partial charge on any atom is -0.351 e. The fourth-order valence-corrected chi connectivity index (χ4v) is 0.455. The van der Waals surface area contributed by atoms with Gasteiger partial charge in [0.2, 0.25) is 0 Å². The van der Waals surface area contributed by atoms with Crippen molar-refractivity contribution in [3.63, 3.8) is 0 Å². The van der Waals surface area contributed by atoms with Gasteiger partial charge in [-0.15, -0.1) is 0 Å². The molecule has 0 rings (SSSR count). The van der Waals surface area contributed by atoms with E-state index in [0.29, 0.717) is 6.54 Å². The Morgan fingerprint density at radius 3 is 2.75 bits per heavy atom. The maximum atomic E-state index is 10.5. The highest BCUT2D eigenvalue weighted by atomic mass is 16.1. The molecule has 0 spiro atoms. The Kier molecular flexibility index (Phi) is 4.26. The highest BCUT2D eigenvalue weighted by molar-refractivity contribution is 5.76. The molecule has 0 aromatic carbocycles. The molecule has 0 aliphatic carbocycles. The van der Waals surface area contributed by atoms with E-state index in [1.54, 1.807) is 0 Å². The predicted molar refractivity (Wildman–Crippen MR) is 31.4 cm³/mol. The number of amides is 1. The van der Waals surface area contributed by atoms with Crippen LogP contribution < -0.4 is 10.6 Å². The number of nitrogens with one attached hydrogen (secondary N) is 1. The van der Waals surface area contributed by atoms with Crippen LogP contribution in [0.1, 0.15) is 6.92 Å². The number of hydrogen-bond donors (Lipinski definition) is 2. The average Bonchev–Trinajstić information content (AvgIpc) is 1.68. The number of likely N-dealkylation sites (N-methyl/N-ethyl adjacent to an activating group) is 2. The van der Waals surface area contributed by atoms with E-state index in [9.17, 15) is 4.79 Å². The molecule has 0 saturated heterocycles. The molecule has 8 heavy (non-hydrogen) atoms. The molecule has 3 nitrogen and oxygen atoms in total. The van der Waals surface area contributed by atoms with Crippen LogP contribution in [-0.2, 0) is 4.79 Å². The molecule has 0 aliphatic heterocycles. The van der Waals surface area contributed by atoms with E-state index in [1.165, 1.54) is 0 Å². The summed E-state index contributed by atoms with van der Waals surface area (Å²) in [6, 6.07) is 0. The Hall–Kier alpha value is -0.570. The zero-order chi connectivity index (χ0) is 6.41. The Morgan fingerprint density at radius 1 is 1.75 bits per heavy atom. The third-order valence-electron chi connectivity index (χ3n) is 0.763. The van der Waals surface area contributed by atoms with Gasteiger partial charge in [-0.3, -0.25) is 4.79 Å². The molecule has 0 bridgehead atoms. The molecule has 0 atom stereocenters. The number of nitrogens with two attached hydrogens (primary N) is 1. The van der Waals surface area contributed by atoms with Crippen LogP contribution in [0.2, 0.25) is 0 Å². The van der Waals surface area contributed by atoms with E-state index in [2.05, 4.69) is 5.32 Å². The molecule has 0 saturated carbocycles. The standard InChI is InChI=1S/C5H12N2O/c1-3-7-5(8)4-6-2/h6H,3-4H2,1-2H3,(H,7,8)/p+1. The van der Waals surface area contributed by atoms with Gasteiger partial charge in [-0.2, -0.15) is 0 Å². The normalized spacial score (nSPS) is 8.75. The Labute approximate surface area is 49.5 Å². The van der Waals surface area contributed by atoms with Crippen molar-refractivity contribution in [2.75, 3.05) is 20.1 Å². The van der Waals surface area contributed by atoms with Crippen LogP contribution in [0.5, 0.6) is 0 Å². The van der Waals surface area contributed by atoms with Crippen molar-refractivity contribution in [1.29, 1.82) is 0 Å². The van der Waals surface area contributed by atoms with Gasteiger partial charge in [0.15, 0.2) is 6.54 Å². The van der Waals surface area contributed by atoms with Crippen LogP contribution in [-0.4, -0.2) is 26.0 Å². The maximum Gasteiger partial charge on any atom is 0.275 e. The Morgan fingerprint density at radius 2 is 2.38 bits per heavy atom. The largest absolute Gasteiger partial charge is 0.351 e. The topological polar surface area (TPSA) is 45.7 Å². The molecular weight excluding hydrogens is 104 g/mol. The predicted octanol–water partition coefficient (Wildman–Crippen LogP) is -1.68. The molecule has 0 heterocycles.